The zero-order valence-electron chi connectivity index (χ0n) is 8.61. The average molecular weight is 217 g/mol. The molecule has 1 unspecified atom stereocenters. The van der Waals surface area contributed by atoms with Crippen LogP contribution in [0.2, 0.25) is 0 Å². The number of aliphatic imine (C=N–C) groups is 1. The van der Waals surface area contributed by atoms with E-state index >= 15 is 0 Å². The second-order valence-corrected chi connectivity index (χ2v) is 3.11. The lowest BCUT2D eigenvalue weighted by Crippen LogP contribution is -2.29. The average Bonchev–Trinajstić information content (AvgIpc) is 2.12. The maximum atomic E-state index is 13.0. The zero-order chi connectivity index (χ0) is 11.8. The van der Waals surface area contributed by atoms with Crippen LogP contribution in [0.25, 0.3) is 0 Å². The van der Waals surface area contributed by atoms with Crippen molar-refractivity contribution in [3.8, 4) is 0 Å². The number of nitrogens with zero attached hydrogens (tertiary/aromatic N) is 1. The van der Waals surface area contributed by atoms with Crippen LogP contribution in [-0.2, 0) is 4.79 Å². The maximum absolute atomic E-state index is 13.0. The van der Waals surface area contributed by atoms with Crippen molar-refractivity contribution in [2.75, 3.05) is 6.54 Å². The largest absolute Gasteiger partial charge is 0.480 e. The summed E-state index contributed by atoms with van der Waals surface area (Å²) >= 11 is 0. The molecule has 0 aliphatic heterocycles. The van der Waals surface area contributed by atoms with Crippen LogP contribution in [-0.4, -0.2) is 29.5 Å². The molecule has 0 aliphatic rings. The molecule has 0 aromatic heterocycles. The number of carboxylic acids is 1. The van der Waals surface area contributed by atoms with E-state index in [9.17, 15) is 9.18 Å². The van der Waals surface area contributed by atoms with Crippen molar-refractivity contribution >= 4 is 11.8 Å². The molecule has 0 aromatic carbocycles. The number of carboxylic acid groups (broad SMARTS) is 1. The van der Waals surface area contributed by atoms with Gasteiger partial charge in [-0.2, -0.15) is 0 Å². The van der Waals surface area contributed by atoms with Gasteiger partial charge in [-0.25, -0.2) is 4.39 Å². The topological polar surface area (TPSA) is 102 Å². The van der Waals surface area contributed by atoms with Crippen LogP contribution in [0.4, 0.5) is 4.39 Å². The molecule has 86 valence electrons. The van der Waals surface area contributed by atoms with Gasteiger partial charge in [0.1, 0.15) is 6.04 Å². The number of hydrogen-bond acceptors (Lipinski definition) is 3. The molecule has 0 heterocycles. The molecule has 6 heteroatoms. The summed E-state index contributed by atoms with van der Waals surface area (Å²) in [6.07, 6.45) is 1.36. The molecule has 0 spiro atoms. The third-order valence-electron chi connectivity index (χ3n) is 1.59. The Kier molecular flexibility index (Phi) is 6.28. The Morgan fingerprint density at radius 3 is 2.73 bits per heavy atom. The van der Waals surface area contributed by atoms with E-state index in [1.807, 2.05) is 0 Å². The molecular formula is C9H16FN3O2. The SMILES string of the molecule is CC(N)=NCC/C=C(\F)CC(N)C(=O)O. The van der Waals surface area contributed by atoms with Crippen molar-refractivity contribution in [2.24, 2.45) is 16.5 Å². The summed E-state index contributed by atoms with van der Waals surface area (Å²) in [6.45, 7) is 2.03. The van der Waals surface area contributed by atoms with Gasteiger partial charge in [-0.1, -0.05) is 6.08 Å². The van der Waals surface area contributed by atoms with Crippen molar-refractivity contribution in [1.29, 1.82) is 0 Å². The number of amidine groups is 1. The number of rotatable bonds is 6. The van der Waals surface area contributed by atoms with Crippen molar-refractivity contribution in [2.45, 2.75) is 25.8 Å². The summed E-state index contributed by atoms with van der Waals surface area (Å²) in [5.41, 5.74) is 10.4. The quantitative estimate of drug-likeness (QED) is 0.340. The fourth-order valence-electron chi connectivity index (χ4n) is 0.843. The van der Waals surface area contributed by atoms with E-state index in [0.717, 1.165) is 0 Å². The molecule has 0 rings (SSSR count). The zero-order valence-corrected chi connectivity index (χ0v) is 8.61. The second-order valence-electron chi connectivity index (χ2n) is 3.11. The highest BCUT2D eigenvalue weighted by Crippen LogP contribution is 2.07. The summed E-state index contributed by atoms with van der Waals surface area (Å²) in [5.74, 6) is -1.31. The Hall–Kier alpha value is -1.43. The summed E-state index contributed by atoms with van der Waals surface area (Å²) in [4.78, 5) is 14.1. The highest BCUT2D eigenvalue weighted by molar-refractivity contribution is 5.77. The van der Waals surface area contributed by atoms with Crippen molar-refractivity contribution in [3.63, 3.8) is 0 Å². The van der Waals surface area contributed by atoms with E-state index in [-0.39, 0.29) is 6.42 Å². The first-order chi connectivity index (χ1) is 6.93. The van der Waals surface area contributed by atoms with Gasteiger partial charge in [-0.05, 0) is 13.3 Å². The summed E-state index contributed by atoms with van der Waals surface area (Å²) in [6, 6.07) is -1.19. The monoisotopic (exact) mass is 217 g/mol. The summed E-state index contributed by atoms with van der Waals surface area (Å²) in [7, 11) is 0. The molecule has 0 radical (unpaired) electrons. The van der Waals surface area contributed by atoms with Gasteiger partial charge in [0.15, 0.2) is 0 Å². The van der Waals surface area contributed by atoms with Gasteiger partial charge in [0.05, 0.1) is 11.7 Å². The Morgan fingerprint density at radius 2 is 2.27 bits per heavy atom. The lowest BCUT2D eigenvalue weighted by Gasteiger charge is -2.03. The highest BCUT2D eigenvalue weighted by Gasteiger charge is 2.12. The molecule has 0 fully saturated rings. The lowest BCUT2D eigenvalue weighted by atomic mass is 10.2. The van der Waals surface area contributed by atoms with Crippen LogP contribution in [0.3, 0.4) is 0 Å². The van der Waals surface area contributed by atoms with Crippen LogP contribution in [0.15, 0.2) is 16.9 Å². The van der Waals surface area contributed by atoms with E-state index in [0.29, 0.717) is 18.8 Å². The smallest absolute Gasteiger partial charge is 0.320 e. The number of hydrogen-bond donors (Lipinski definition) is 3. The van der Waals surface area contributed by atoms with Crippen molar-refractivity contribution in [1.82, 2.24) is 0 Å². The van der Waals surface area contributed by atoms with E-state index in [1.54, 1.807) is 6.92 Å². The Morgan fingerprint density at radius 1 is 1.67 bits per heavy atom. The number of halogens is 1. The van der Waals surface area contributed by atoms with Crippen LogP contribution >= 0.6 is 0 Å². The first-order valence-electron chi connectivity index (χ1n) is 4.53. The van der Waals surface area contributed by atoms with Crippen LogP contribution < -0.4 is 11.5 Å². The van der Waals surface area contributed by atoms with Crippen molar-refractivity contribution in [3.05, 3.63) is 11.9 Å². The van der Waals surface area contributed by atoms with E-state index in [4.69, 9.17) is 16.6 Å². The van der Waals surface area contributed by atoms with Gasteiger partial charge in [-0.3, -0.25) is 9.79 Å². The Bertz CT molecular complexity index is 273. The third kappa shape index (κ3) is 7.63. The molecular weight excluding hydrogens is 201 g/mol. The molecule has 1 atom stereocenters. The standard InChI is InChI=1S/C9H16FN3O2/c1-6(11)13-4-2-3-7(10)5-8(12)9(14)15/h3,8H,2,4-5,12H2,1H3,(H2,11,13)(H,14,15)/b7-3-. The van der Waals surface area contributed by atoms with Gasteiger partial charge < -0.3 is 16.6 Å². The first kappa shape index (κ1) is 13.6. The van der Waals surface area contributed by atoms with Gasteiger partial charge >= 0.3 is 5.97 Å². The number of aliphatic carboxylic acids is 1. The fourth-order valence-corrected chi connectivity index (χ4v) is 0.843. The molecule has 0 aromatic rings. The molecule has 5 N–H and O–H groups in total. The normalized spacial score (nSPS) is 15.1. The molecule has 15 heavy (non-hydrogen) atoms. The van der Waals surface area contributed by atoms with Crippen molar-refractivity contribution < 1.29 is 14.3 Å². The van der Waals surface area contributed by atoms with Crippen LogP contribution in [0, 0.1) is 0 Å². The minimum absolute atomic E-state index is 0.291. The lowest BCUT2D eigenvalue weighted by molar-refractivity contribution is -0.138. The first-order valence-corrected chi connectivity index (χ1v) is 4.53. The van der Waals surface area contributed by atoms with Gasteiger partial charge in [-0.15, -0.1) is 0 Å². The van der Waals surface area contributed by atoms with E-state index in [1.165, 1.54) is 6.08 Å². The minimum atomic E-state index is -1.21. The Labute approximate surface area is 87.7 Å². The van der Waals surface area contributed by atoms with Crippen LogP contribution in [0.1, 0.15) is 19.8 Å². The summed E-state index contributed by atoms with van der Waals surface area (Å²) in [5, 5.41) is 8.42. The molecule has 0 aliphatic carbocycles. The predicted octanol–water partition coefficient (Wildman–Crippen LogP) is 0.409. The van der Waals surface area contributed by atoms with Crippen LogP contribution in [0.5, 0.6) is 0 Å². The van der Waals surface area contributed by atoms with Gasteiger partial charge in [0.2, 0.25) is 0 Å². The fraction of sp³-hybridized carbons (Fsp3) is 0.556. The third-order valence-corrected chi connectivity index (χ3v) is 1.59. The molecule has 0 saturated heterocycles. The molecule has 0 bridgehead atoms. The van der Waals surface area contributed by atoms with E-state index in [2.05, 4.69) is 4.99 Å². The number of carbonyl (C=O) groups is 1. The maximum Gasteiger partial charge on any atom is 0.320 e. The second kappa shape index (κ2) is 6.94. The van der Waals surface area contributed by atoms with Gasteiger partial charge in [0.25, 0.3) is 0 Å². The Balaban J connectivity index is 3.89. The van der Waals surface area contributed by atoms with Gasteiger partial charge in [0, 0.05) is 13.0 Å². The predicted molar refractivity (Wildman–Crippen MR) is 56.2 cm³/mol. The van der Waals surface area contributed by atoms with E-state index < -0.39 is 17.8 Å². The molecule has 0 amide bonds. The minimum Gasteiger partial charge on any atom is -0.480 e. The molecule has 5 nitrogen and oxygen atoms in total. The summed E-state index contributed by atoms with van der Waals surface area (Å²) < 4.78 is 13.0. The molecule has 0 saturated carbocycles. The number of nitrogens with two attached hydrogens (primary N) is 2. The highest BCUT2D eigenvalue weighted by atomic mass is 19.1.